The number of thioether (sulfide) groups is 1. The van der Waals surface area contributed by atoms with Crippen molar-refractivity contribution in [2.24, 2.45) is 0 Å². The predicted molar refractivity (Wildman–Crippen MR) is 89.1 cm³/mol. The van der Waals surface area contributed by atoms with E-state index in [0.717, 1.165) is 17.9 Å². The normalized spacial score (nSPS) is 13.8. The molecule has 0 aliphatic rings. The first-order chi connectivity index (χ1) is 9.49. The number of nitrogen functional groups attached to an aromatic ring is 1. The molecule has 0 saturated carbocycles. The van der Waals surface area contributed by atoms with E-state index in [4.69, 9.17) is 5.73 Å². The van der Waals surface area contributed by atoms with Crippen LogP contribution < -0.4 is 5.73 Å². The second kappa shape index (κ2) is 8.20. The van der Waals surface area contributed by atoms with Gasteiger partial charge in [-0.05, 0) is 36.3 Å². The van der Waals surface area contributed by atoms with E-state index in [9.17, 15) is 4.79 Å². The van der Waals surface area contributed by atoms with E-state index >= 15 is 0 Å². The molecule has 1 rings (SSSR count). The minimum absolute atomic E-state index is 0.218. The van der Waals surface area contributed by atoms with Crippen molar-refractivity contribution in [3.05, 3.63) is 29.8 Å². The maximum atomic E-state index is 12.4. The summed E-state index contributed by atoms with van der Waals surface area (Å²) in [6.07, 6.45) is 3.63. The molecule has 4 heteroatoms. The second-order valence-corrected chi connectivity index (χ2v) is 6.20. The van der Waals surface area contributed by atoms with E-state index in [1.807, 2.05) is 36.2 Å². The number of nitrogens with zero attached hydrogens (tertiary/aromatic N) is 1. The molecule has 1 aromatic rings. The molecular weight excluding hydrogens is 268 g/mol. The van der Waals surface area contributed by atoms with Gasteiger partial charge in [0, 0.05) is 31.0 Å². The molecule has 1 amide bonds. The van der Waals surface area contributed by atoms with E-state index in [-0.39, 0.29) is 11.8 Å². The molecular formula is C16H26N2OS. The number of benzene rings is 1. The molecule has 3 nitrogen and oxygen atoms in total. The van der Waals surface area contributed by atoms with Gasteiger partial charge >= 0.3 is 0 Å². The van der Waals surface area contributed by atoms with Crippen LogP contribution in [0.4, 0.5) is 5.69 Å². The van der Waals surface area contributed by atoms with Crippen LogP contribution in [-0.2, 0) is 4.79 Å². The first kappa shape index (κ1) is 16.9. The van der Waals surface area contributed by atoms with Crippen LogP contribution in [0.3, 0.4) is 0 Å². The fourth-order valence-corrected chi connectivity index (χ4v) is 3.09. The molecule has 2 N–H and O–H groups in total. The first-order valence-corrected chi connectivity index (χ1v) is 8.49. The minimum Gasteiger partial charge on any atom is -0.399 e. The highest BCUT2D eigenvalue weighted by Gasteiger charge is 2.20. The first-order valence-electron chi connectivity index (χ1n) is 7.09. The van der Waals surface area contributed by atoms with Crippen molar-refractivity contribution in [1.82, 2.24) is 4.90 Å². The third-order valence-electron chi connectivity index (χ3n) is 3.76. The molecule has 1 aromatic carbocycles. The van der Waals surface area contributed by atoms with Crippen LogP contribution in [0, 0.1) is 0 Å². The van der Waals surface area contributed by atoms with E-state index < -0.39 is 0 Å². The molecule has 0 saturated heterocycles. The maximum Gasteiger partial charge on any atom is 0.223 e. The Morgan fingerprint density at radius 3 is 2.45 bits per heavy atom. The van der Waals surface area contributed by atoms with Crippen molar-refractivity contribution >= 4 is 23.4 Å². The van der Waals surface area contributed by atoms with Crippen LogP contribution in [0.1, 0.15) is 38.2 Å². The van der Waals surface area contributed by atoms with Gasteiger partial charge in [0.05, 0.1) is 0 Å². The van der Waals surface area contributed by atoms with Crippen LogP contribution in [0.5, 0.6) is 0 Å². The number of hydrogen-bond donors (Lipinski definition) is 1. The third-order valence-corrected chi connectivity index (χ3v) is 4.48. The highest BCUT2D eigenvalue weighted by atomic mass is 32.2. The van der Waals surface area contributed by atoms with Crippen LogP contribution in [0.2, 0.25) is 0 Å². The Balaban J connectivity index is 2.62. The average molecular weight is 294 g/mol. The van der Waals surface area contributed by atoms with Crippen molar-refractivity contribution in [1.29, 1.82) is 0 Å². The van der Waals surface area contributed by atoms with Crippen LogP contribution >= 0.6 is 11.8 Å². The molecule has 2 unspecified atom stereocenters. The number of hydrogen-bond acceptors (Lipinski definition) is 3. The Kier molecular flexibility index (Phi) is 6.93. The lowest BCUT2D eigenvalue weighted by Gasteiger charge is -2.28. The number of amides is 1. The molecule has 112 valence electrons. The fourth-order valence-electron chi connectivity index (χ4n) is 2.25. The molecule has 0 heterocycles. The third kappa shape index (κ3) is 4.75. The number of rotatable bonds is 7. The number of anilines is 1. The smallest absolute Gasteiger partial charge is 0.223 e. The summed E-state index contributed by atoms with van der Waals surface area (Å²) in [6.45, 7) is 4.22. The molecule has 0 radical (unpaired) electrons. The van der Waals surface area contributed by atoms with Gasteiger partial charge in [-0.2, -0.15) is 11.8 Å². The van der Waals surface area contributed by atoms with Crippen LogP contribution in [-0.4, -0.2) is 35.9 Å². The van der Waals surface area contributed by atoms with E-state index in [1.165, 1.54) is 5.56 Å². The maximum absolute atomic E-state index is 12.4. The molecule has 0 aliphatic carbocycles. The van der Waals surface area contributed by atoms with Crippen molar-refractivity contribution in [3.8, 4) is 0 Å². The van der Waals surface area contributed by atoms with E-state index in [2.05, 4.69) is 20.1 Å². The summed E-state index contributed by atoms with van der Waals surface area (Å²) in [7, 11) is 1.92. The number of carbonyl (C=O) groups excluding carboxylic acids is 1. The highest BCUT2D eigenvalue weighted by molar-refractivity contribution is 7.98. The summed E-state index contributed by atoms with van der Waals surface area (Å²) in [6, 6.07) is 8.13. The van der Waals surface area contributed by atoms with Crippen LogP contribution in [0.25, 0.3) is 0 Å². The van der Waals surface area contributed by atoms with Gasteiger partial charge in [-0.25, -0.2) is 0 Å². The van der Waals surface area contributed by atoms with Crippen LogP contribution in [0.15, 0.2) is 24.3 Å². The van der Waals surface area contributed by atoms with Crippen molar-refractivity contribution in [2.45, 2.75) is 38.6 Å². The summed E-state index contributed by atoms with van der Waals surface area (Å²) in [5, 5.41) is 0. The SMILES string of the molecule is CCC(CSC)N(C)C(=O)CC(C)c1ccc(N)cc1. The van der Waals surface area contributed by atoms with Crippen molar-refractivity contribution < 1.29 is 4.79 Å². The Labute approximate surface area is 126 Å². The van der Waals surface area contributed by atoms with Crippen molar-refractivity contribution in [3.63, 3.8) is 0 Å². The van der Waals surface area contributed by atoms with Gasteiger partial charge in [0.25, 0.3) is 0 Å². The monoisotopic (exact) mass is 294 g/mol. The van der Waals surface area contributed by atoms with Gasteiger partial charge in [-0.3, -0.25) is 4.79 Å². The Bertz CT molecular complexity index is 419. The Morgan fingerprint density at radius 2 is 1.95 bits per heavy atom. The molecule has 0 bridgehead atoms. The lowest BCUT2D eigenvalue weighted by atomic mass is 9.96. The lowest BCUT2D eigenvalue weighted by molar-refractivity contribution is -0.131. The minimum atomic E-state index is 0.218. The summed E-state index contributed by atoms with van der Waals surface area (Å²) >= 11 is 1.79. The van der Waals surface area contributed by atoms with Gasteiger partial charge < -0.3 is 10.6 Å². The van der Waals surface area contributed by atoms with Gasteiger partial charge in [0.2, 0.25) is 5.91 Å². The van der Waals surface area contributed by atoms with Gasteiger partial charge in [0.15, 0.2) is 0 Å². The molecule has 0 aliphatic heterocycles. The van der Waals surface area contributed by atoms with Gasteiger partial charge in [-0.1, -0.05) is 26.0 Å². The van der Waals surface area contributed by atoms with E-state index in [0.29, 0.717) is 12.5 Å². The topological polar surface area (TPSA) is 46.3 Å². The second-order valence-electron chi connectivity index (χ2n) is 5.29. The largest absolute Gasteiger partial charge is 0.399 e. The van der Waals surface area contributed by atoms with Crippen molar-refractivity contribution in [2.75, 3.05) is 24.8 Å². The number of carbonyl (C=O) groups is 1. The fraction of sp³-hybridized carbons (Fsp3) is 0.562. The lowest BCUT2D eigenvalue weighted by Crippen LogP contribution is -2.38. The summed E-state index contributed by atoms with van der Waals surface area (Å²) in [5.74, 6) is 1.43. The molecule has 20 heavy (non-hydrogen) atoms. The molecule has 0 aromatic heterocycles. The summed E-state index contributed by atoms with van der Waals surface area (Å²) in [4.78, 5) is 14.3. The van der Waals surface area contributed by atoms with Gasteiger partial charge in [-0.15, -0.1) is 0 Å². The zero-order chi connectivity index (χ0) is 15.1. The summed E-state index contributed by atoms with van der Waals surface area (Å²) < 4.78 is 0. The number of nitrogens with two attached hydrogens (primary N) is 1. The zero-order valence-electron chi connectivity index (χ0n) is 12.9. The Morgan fingerprint density at radius 1 is 1.35 bits per heavy atom. The highest BCUT2D eigenvalue weighted by Crippen LogP contribution is 2.22. The zero-order valence-corrected chi connectivity index (χ0v) is 13.7. The predicted octanol–water partition coefficient (Wildman–Crippen LogP) is 3.36. The Hall–Kier alpha value is -1.16. The molecule has 0 fully saturated rings. The van der Waals surface area contributed by atoms with Gasteiger partial charge in [0.1, 0.15) is 0 Å². The molecule has 0 spiro atoms. The quantitative estimate of drug-likeness (QED) is 0.784. The van der Waals surface area contributed by atoms with E-state index in [1.54, 1.807) is 11.8 Å². The molecule has 2 atom stereocenters. The average Bonchev–Trinajstić information content (AvgIpc) is 2.44. The standard InChI is InChI=1S/C16H26N2OS/c1-5-15(11-20-4)18(3)16(19)10-12(2)13-6-8-14(17)9-7-13/h6-9,12,15H,5,10-11,17H2,1-4H3. The summed E-state index contributed by atoms with van der Waals surface area (Å²) in [5.41, 5.74) is 7.62.